The minimum absolute atomic E-state index is 0.0373. The van der Waals surface area contributed by atoms with Crippen molar-refractivity contribution in [3.63, 3.8) is 0 Å². The second kappa shape index (κ2) is 9.39. The first kappa shape index (κ1) is 18.5. The van der Waals surface area contributed by atoms with Crippen molar-refractivity contribution < 1.29 is 10.1 Å². The smallest absolute Gasteiger partial charge is 0.279 e. The molecule has 1 saturated heterocycles. The summed E-state index contributed by atoms with van der Waals surface area (Å²) in [6.45, 7) is 4.82. The maximum absolute atomic E-state index is 12.2. The number of carbonyl (C=O) groups is 1. The molecule has 0 bridgehead atoms. The Labute approximate surface area is 156 Å². The molecule has 0 saturated carbocycles. The number of carbonyl (C=O) groups excluding carboxylic acids is 1. The van der Waals surface area contributed by atoms with Crippen molar-refractivity contribution in [2.24, 2.45) is 0 Å². The highest BCUT2D eigenvalue weighted by atomic mass is 16.1. The highest BCUT2D eigenvalue weighted by Crippen LogP contribution is 2.21. The molecule has 2 aromatic carbocycles. The van der Waals surface area contributed by atoms with Crippen LogP contribution in [-0.4, -0.2) is 25.5 Å². The first-order valence-electron chi connectivity index (χ1n) is 9.75. The number of quaternary nitrogens is 1. The lowest BCUT2D eigenvalue weighted by molar-refractivity contribution is -0.682. The molecule has 1 amide bonds. The zero-order valence-electron chi connectivity index (χ0n) is 15.7. The molecule has 138 valence electrons. The Bertz CT molecular complexity index is 676. The van der Waals surface area contributed by atoms with E-state index in [2.05, 4.69) is 46.7 Å². The molecule has 0 radical (unpaired) electrons. The Kier molecular flexibility index (Phi) is 6.67. The SMILES string of the molecule is C[C@@H]([NH2+]CC(=O)Nc1ccc(N2CCCCCC2)cc1)c1ccccc1. The summed E-state index contributed by atoms with van der Waals surface area (Å²) in [5.41, 5.74) is 3.37. The van der Waals surface area contributed by atoms with Gasteiger partial charge in [0.15, 0.2) is 6.54 Å². The van der Waals surface area contributed by atoms with Crippen LogP contribution in [0.25, 0.3) is 0 Å². The monoisotopic (exact) mass is 352 g/mol. The van der Waals surface area contributed by atoms with E-state index < -0.39 is 0 Å². The number of nitrogens with two attached hydrogens (primary N) is 1. The van der Waals surface area contributed by atoms with Gasteiger partial charge in [-0.3, -0.25) is 4.79 Å². The third-order valence-electron chi connectivity index (χ3n) is 5.10. The topological polar surface area (TPSA) is 49.0 Å². The van der Waals surface area contributed by atoms with Gasteiger partial charge in [0.1, 0.15) is 6.04 Å². The minimum atomic E-state index is 0.0373. The molecule has 4 heteroatoms. The minimum Gasteiger partial charge on any atom is -0.372 e. The van der Waals surface area contributed by atoms with Crippen LogP contribution in [-0.2, 0) is 4.79 Å². The summed E-state index contributed by atoms with van der Waals surface area (Å²) >= 11 is 0. The van der Waals surface area contributed by atoms with Crippen LogP contribution in [0.15, 0.2) is 54.6 Å². The van der Waals surface area contributed by atoms with Crippen LogP contribution in [0.1, 0.15) is 44.2 Å². The predicted octanol–water partition coefficient (Wildman–Crippen LogP) is 3.33. The van der Waals surface area contributed by atoms with Crippen LogP contribution < -0.4 is 15.5 Å². The van der Waals surface area contributed by atoms with E-state index in [1.54, 1.807) is 0 Å². The number of amides is 1. The molecule has 1 atom stereocenters. The van der Waals surface area contributed by atoms with Crippen molar-refractivity contribution in [3.8, 4) is 0 Å². The second-order valence-electron chi connectivity index (χ2n) is 7.14. The number of anilines is 2. The number of hydrogen-bond donors (Lipinski definition) is 2. The van der Waals surface area contributed by atoms with E-state index in [9.17, 15) is 4.79 Å². The Morgan fingerprint density at radius 2 is 1.65 bits per heavy atom. The van der Waals surface area contributed by atoms with Crippen molar-refractivity contribution >= 4 is 17.3 Å². The Hall–Kier alpha value is -2.33. The fraction of sp³-hybridized carbons (Fsp3) is 0.409. The van der Waals surface area contributed by atoms with E-state index in [-0.39, 0.29) is 11.9 Å². The van der Waals surface area contributed by atoms with Gasteiger partial charge in [-0.15, -0.1) is 0 Å². The van der Waals surface area contributed by atoms with Crippen molar-refractivity contribution in [1.82, 2.24) is 0 Å². The van der Waals surface area contributed by atoms with Gasteiger partial charge in [0.2, 0.25) is 0 Å². The van der Waals surface area contributed by atoms with E-state index in [1.807, 2.05) is 30.3 Å². The molecular formula is C22H30N3O+. The Morgan fingerprint density at radius 3 is 2.31 bits per heavy atom. The van der Waals surface area contributed by atoms with E-state index in [0.29, 0.717) is 6.54 Å². The number of nitrogens with one attached hydrogen (secondary N) is 1. The van der Waals surface area contributed by atoms with Crippen LogP contribution >= 0.6 is 0 Å². The molecule has 2 aromatic rings. The highest BCUT2D eigenvalue weighted by molar-refractivity contribution is 5.91. The molecule has 3 N–H and O–H groups in total. The summed E-state index contributed by atoms with van der Waals surface area (Å²) in [6.07, 6.45) is 5.22. The van der Waals surface area contributed by atoms with Crippen LogP contribution in [0.2, 0.25) is 0 Å². The number of nitrogens with zero attached hydrogens (tertiary/aromatic N) is 1. The first-order valence-corrected chi connectivity index (χ1v) is 9.75. The molecular weight excluding hydrogens is 322 g/mol. The van der Waals surface area contributed by atoms with Gasteiger partial charge in [0.25, 0.3) is 5.91 Å². The maximum atomic E-state index is 12.2. The molecule has 3 rings (SSSR count). The summed E-state index contributed by atoms with van der Waals surface area (Å²) in [6, 6.07) is 18.8. The highest BCUT2D eigenvalue weighted by Gasteiger charge is 2.12. The van der Waals surface area contributed by atoms with Crippen molar-refractivity contribution in [2.45, 2.75) is 38.6 Å². The first-order chi connectivity index (χ1) is 12.7. The lowest BCUT2D eigenvalue weighted by atomic mass is 10.1. The van der Waals surface area contributed by atoms with Gasteiger partial charge in [0.05, 0.1) is 0 Å². The molecule has 1 aliphatic rings. The van der Waals surface area contributed by atoms with Gasteiger partial charge in [-0.25, -0.2) is 0 Å². The predicted molar refractivity (Wildman–Crippen MR) is 107 cm³/mol. The van der Waals surface area contributed by atoms with Crippen LogP contribution in [0, 0.1) is 0 Å². The number of rotatable bonds is 6. The molecule has 1 fully saturated rings. The van der Waals surface area contributed by atoms with E-state index in [0.717, 1.165) is 18.8 Å². The quantitative estimate of drug-likeness (QED) is 0.838. The molecule has 26 heavy (non-hydrogen) atoms. The largest absolute Gasteiger partial charge is 0.372 e. The van der Waals surface area contributed by atoms with Crippen LogP contribution in [0.3, 0.4) is 0 Å². The summed E-state index contributed by atoms with van der Waals surface area (Å²) in [7, 11) is 0. The molecule has 0 spiro atoms. The molecule has 0 aliphatic carbocycles. The van der Waals surface area contributed by atoms with Crippen LogP contribution in [0.4, 0.5) is 11.4 Å². The summed E-state index contributed by atoms with van der Waals surface area (Å²) in [5, 5.41) is 5.07. The standard InChI is InChI=1S/C22H29N3O/c1-18(19-9-5-4-6-10-19)23-17-22(26)24-20-11-13-21(14-12-20)25-15-7-2-3-8-16-25/h4-6,9-14,18,23H,2-3,7-8,15-17H2,1H3,(H,24,26)/p+1/t18-/m1/s1. The Morgan fingerprint density at radius 1 is 1.00 bits per heavy atom. The van der Waals surface area contributed by atoms with Crippen molar-refractivity contribution in [2.75, 3.05) is 29.9 Å². The fourth-order valence-corrected chi connectivity index (χ4v) is 3.47. The van der Waals surface area contributed by atoms with E-state index in [1.165, 1.54) is 36.9 Å². The Balaban J connectivity index is 1.48. The van der Waals surface area contributed by atoms with E-state index in [4.69, 9.17) is 0 Å². The lowest BCUT2D eigenvalue weighted by Gasteiger charge is -2.22. The van der Waals surface area contributed by atoms with E-state index >= 15 is 0 Å². The normalized spacial score (nSPS) is 16.0. The van der Waals surface area contributed by atoms with Gasteiger partial charge < -0.3 is 15.5 Å². The number of hydrogen-bond acceptors (Lipinski definition) is 2. The third kappa shape index (κ3) is 5.33. The van der Waals surface area contributed by atoms with Gasteiger partial charge in [-0.2, -0.15) is 0 Å². The molecule has 1 heterocycles. The zero-order valence-corrected chi connectivity index (χ0v) is 15.7. The van der Waals surface area contributed by atoms with Crippen LogP contribution in [0.5, 0.6) is 0 Å². The summed E-state index contributed by atoms with van der Waals surface area (Å²) in [4.78, 5) is 14.7. The third-order valence-corrected chi connectivity index (χ3v) is 5.10. The van der Waals surface area contributed by atoms with Crippen molar-refractivity contribution in [1.29, 1.82) is 0 Å². The zero-order chi connectivity index (χ0) is 18.2. The molecule has 1 aliphatic heterocycles. The van der Waals surface area contributed by atoms with Gasteiger partial charge in [0, 0.05) is 30.0 Å². The lowest BCUT2D eigenvalue weighted by Crippen LogP contribution is -2.86. The maximum Gasteiger partial charge on any atom is 0.279 e. The van der Waals surface area contributed by atoms with Gasteiger partial charge >= 0.3 is 0 Å². The van der Waals surface area contributed by atoms with Gasteiger partial charge in [-0.1, -0.05) is 43.2 Å². The average Bonchev–Trinajstić information content (AvgIpc) is 2.97. The second-order valence-corrected chi connectivity index (χ2v) is 7.14. The summed E-state index contributed by atoms with van der Waals surface area (Å²) < 4.78 is 0. The average molecular weight is 353 g/mol. The van der Waals surface area contributed by atoms with Gasteiger partial charge in [-0.05, 0) is 44.0 Å². The number of benzene rings is 2. The molecule has 0 unspecified atom stereocenters. The molecule has 4 nitrogen and oxygen atoms in total. The molecule has 0 aromatic heterocycles. The fourth-order valence-electron chi connectivity index (χ4n) is 3.47. The summed E-state index contributed by atoms with van der Waals surface area (Å²) in [5.74, 6) is 0.0373. The van der Waals surface area contributed by atoms with Crippen molar-refractivity contribution in [3.05, 3.63) is 60.2 Å².